The molecular formula is C14H16ClNO. The van der Waals surface area contributed by atoms with Gasteiger partial charge in [-0.1, -0.05) is 41.9 Å². The maximum atomic E-state index is 6.17. The first-order valence-corrected chi connectivity index (χ1v) is 6.14. The minimum absolute atomic E-state index is 0.571. The maximum absolute atomic E-state index is 6.17. The molecule has 0 amide bonds. The van der Waals surface area contributed by atoms with Crippen LogP contribution in [-0.4, -0.2) is 19.8 Å². The van der Waals surface area contributed by atoms with Crippen molar-refractivity contribution in [1.29, 1.82) is 0 Å². The van der Waals surface area contributed by atoms with Gasteiger partial charge in [0.05, 0.1) is 13.2 Å². The second-order valence-corrected chi connectivity index (χ2v) is 4.31. The van der Waals surface area contributed by atoms with E-state index < -0.39 is 0 Å². The summed E-state index contributed by atoms with van der Waals surface area (Å²) in [6, 6.07) is 12.2. The molecule has 0 fully saturated rings. The zero-order valence-corrected chi connectivity index (χ0v) is 10.4. The van der Waals surface area contributed by atoms with Crippen molar-refractivity contribution in [1.82, 2.24) is 0 Å². The van der Waals surface area contributed by atoms with Gasteiger partial charge in [-0.05, 0) is 23.4 Å². The molecule has 0 aromatic heterocycles. The van der Waals surface area contributed by atoms with Crippen molar-refractivity contribution in [2.75, 3.05) is 19.8 Å². The Labute approximate surface area is 106 Å². The molecule has 0 bridgehead atoms. The van der Waals surface area contributed by atoms with Crippen LogP contribution >= 0.6 is 11.6 Å². The monoisotopic (exact) mass is 249 g/mol. The predicted molar refractivity (Wildman–Crippen MR) is 72.5 cm³/mol. The Balaban J connectivity index is 2.20. The standard InChI is InChI=1S/C14H16ClNO/c15-14-6-5-11(7-9-17-10-8-16)12-3-1-2-4-13(12)14/h1-6H,7-10,16H2. The third-order valence-electron chi connectivity index (χ3n) is 2.74. The Bertz CT molecular complexity index is 499. The van der Waals surface area contributed by atoms with Crippen molar-refractivity contribution < 1.29 is 4.74 Å². The van der Waals surface area contributed by atoms with Crippen LogP contribution in [0.5, 0.6) is 0 Å². The van der Waals surface area contributed by atoms with E-state index in [9.17, 15) is 0 Å². The summed E-state index contributed by atoms with van der Waals surface area (Å²) in [5, 5.41) is 3.11. The van der Waals surface area contributed by atoms with Crippen LogP contribution in [0.4, 0.5) is 0 Å². The Morgan fingerprint density at radius 1 is 1.00 bits per heavy atom. The number of rotatable bonds is 5. The number of hydrogen-bond acceptors (Lipinski definition) is 2. The van der Waals surface area contributed by atoms with Gasteiger partial charge in [0.2, 0.25) is 0 Å². The van der Waals surface area contributed by atoms with Crippen LogP contribution < -0.4 is 5.73 Å². The van der Waals surface area contributed by atoms with E-state index in [-0.39, 0.29) is 0 Å². The van der Waals surface area contributed by atoms with E-state index in [1.54, 1.807) is 0 Å². The van der Waals surface area contributed by atoms with Gasteiger partial charge >= 0.3 is 0 Å². The molecule has 3 heteroatoms. The Morgan fingerprint density at radius 3 is 2.53 bits per heavy atom. The summed E-state index contributed by atoms with van der Waals surface area (Å²) in [6.45, 7) is 1.88. The van der Waals surface area contributed by atoms with E-state index in [1.807, 2.05) is 24.3 Å². The van der Waals surface area contributed by atoms with E-state index in [0.717, 1.165) is 16.8 Å². The summed E-state index contributed by atoms with van der Waals surface area (Å²) in [7, 11) is 0. The van der Waals surface area contributed by atoms with E-state index in [1.165, 1.54) is 10.9 Å². The Kier molecular flexibility index (Phi) is 4.37. The molecule has 2 aromatic rings. The fourth-order valence-corrected chi connectivity index (χ4v) is 2.14. The maximum Gasteiger partial charge on any atom is 0.0588 e. The Morgan fingerprint density at radius 2 is 1.76 bits per heavy atom. The van der Waals surface area contributed by atoms with Gasteiger partial charge in [-0.2, -0.15) is 0 Å². The summed E-state index contributed by atoms with van der Waals surface area (Å²) < 4.78 is 5.41. The van der Waals surface area contributed by atoms with Crippen molar-refractivity contribution in [3.05, 3.63) is 47.0 Å². The third kappa shape index (κ3) is 2.97. The Hall–Kier alpha value is -1.09. The number of nitrogens with two attached hydrogens (primary N) is 1. The van der Waals surface area contributed by atoms with Crippen LogP contribution in [0, 0.1) is 0 Å². The van der Waals surface area contributed by atoms with Gasteiger partial charge in [0.1, 0.15) is 0 Å². The number of ether oxygens (including phenoxy) is 1. The highest BCUT2D eigenvalue weighted by atomic mass is 35.5. The van der Waals surface area contributed by atoms with Crippen LogP contribution in [0.3, 0.4) is 0 Å². The zero-order chi connectivity index (χ0) is 12.1. The van der Waals surface area contributed by atoms with E-state index in [0.29, 0.717) is 19.8 Å². The first-order chi connectivity index (χ1) is 8.33. The molecule has 2 nitrogen and oxygen atoms in total. The van der Waals surface area contributed by atoms with E-state index >= 15 is 0 Å². The number of halogens is 1. The summed E-state index contributed by atoms with van der Waals surface area (Å²) in [4.78, 5) is 0. The molecule has 17 heavy (non-hydrogen) atoms. The molecule has 0 saturated heterocycles. The molecule has 0 aliphatic heterocycles. The highest BCUT2D eigenvalue weighted by molar-refractivity contribution is 6.35. The lowest BCUT2D eigenvalue weighted by molar-refractivity contribution is 0.145. The first kappa shape index (κ1) is 12.4. The number of benzene rings is 2. The fourth-order valence-electron chi connectivity index (χ4n) is 1.91. The summed E-state index contributed by atoms with van der Waals surface area (Å²) in [5.41, 5.74) is 6.64. The van der Waals surface area contributed by atoms with Crippen LogP contribution in [0.15, 0.2) is 36.4 Å². The zero-order valence-electron chi connectivity index (χ0n) is 9.66. The second kappa shape index (κ2) is 6.01. The summed E-state index contributed by atoms with van der Waals surface area (Å²) in [6.07, 6.45) is 0.887. The molecule has 0 saturated carbocycles. The topological polar surface area (TPSA) is 35.2 Å². The second-order valence-electron chi connectivity index (χ2n) is 3.90. The van der Waals surface area contributed by atoms with Gasteiger partial charge in [0.25, 0.3) is 0 Å². The summed E-state index contributed by atoms with van der Waals surface area (Å²) in [5.74, 6) is 0. The van der Waals surface area contributed by atoms with Crippen LogP contribution in [0.25, 0.3) is 10.8 Å². The SMILES string of the molecule is NCCOCCc1ccc(Cl)c2ccccc12. The lowest BCUT2D eigenvalue weighted by atomic mass is 10.0. The molecule has 2 rings (SSSR count). The van der Waals surface area contributed by atoms with Crippen molar-refractivity contribution in [3.8, 4) is 0 Å². The first-order valence-electron chi connectivity index (χ1n) is 5.77. The molecule has 90 valence electrons. The molecule has 0 aliphatic carbocycles. The van der Waals surface area contributed by atoms with E-state index in [2.05, 4.69) is 12.1 Å². The minimum atomic E-state index is 0.571. The van der Waals surface area contributed by atoms with Crippen LogP contribution in [-0.2, 0) is 11.2 Å². The lowest BCUT2D eigenvalue weighted by Gasteiger charge is -2.08. The van der Waals surface area contributed by atoms with Gasteiger partial charge < -0.3 is 10.5 Å². The smallest absolute Gasteiger partial charge is 0.0588 e. The third-order valence-corrected chi connectivity index (χ3v) is 3.07. The fraction of sp³-hybridized carbons (Fsp3) is 0.286. The van der Waals surface area contributed by atoms with Gasteiger partial charge in [0.15, 0.2) is 0 Å². The summed E-state index contributed by atoms with van der Waals surface area (Å²) >= 11 is 6.17. The van der Waals surface area contributed by atoms with Crippen molar-refractivity contribution in [2.24, 2.45) is 5.73 Å². The average molecular weight is 250 g/mol. The average Bonchev–Trinajstić information content (AvgIpc) is 2.37. The van der Waals surface area contributed by atoms with Crippen molar-refractivity contribution in [2.45, 2.75) is 6.42 Å². The van der Waals surface area contributed by atoms with Crippen LogP contribution in [0.1, 0.15) is 5.56 Å². The molecule has 2 N–H and O–H groups in total. The van der Waals surface area contributed by atoms with Gasteiger partial charge in [-0.3, -0.25) is 0 Å². The molecule has 0 heterocycles. The predicted octanol–water partition coefficient (Wildman–Crippen LogP) is 3.01. The van der Waals surface area contributed by atoms with Crippen molar-refractivity contribution in [3.63, 3.8) is 0 Å². The van der Waals surface area contributed by atoms with Gasteiger partial charge in [-0.15, -0.1) is 0 Å². The lowest BCUT2D eigenvalue weighted by Crippen LogP contribution is -2.10. The normalized spacial score (nSPS) is 10.9. The highest BCUT2D eigenvalue weighted by Gasteiger charge is 2.03. The van der Waals surface area contributed by atoms with Gasteiger partial charge in [0, 0.05) is 17.0 Å². The van der Waals surface area contributed by atoms with E-state index in [4.69, 9.17) is 22.1 Å². The number of hydrogen-bond donors (Lipinski definition) is 1. The molecule has 0 radical (unpaired) electrons. The minimum Gasteiger partial charge on any atom is -0.380 e. The molecule has 0 aliphatic rings. The molecule has 0 spiro atoms. The number of fused-ring (bicyclic) bond motifs is 1. The molecule has 0 unspecified atom stereocenters. The van der Waals surface area contributed by atoms with Gasteiger partial charge in [-0.25, -0.2) is 0 Å². The quantitative estimate of drug-likeness (QED) is 0.827. The largest absolute Gasteiger partial charge is 0.380 e. The van der Waals surface area contributed by atoms with Crippen molar-refractivity contribution >= 4 is 22.4 Å². The molecular weight excluding hydrogens is 234 g/mol. The molecule has 0 atom stereocenters. The molecule has 2 aromatic carbocycles. The highest BCUT2D eigenvalue weighted by Crippen LogP contribution is 2.26. The van der Waals surface area contributed by atoms with Crippen LogP contribution in [0.2, 0.25) is 5.02 Å².